The Bertz CT molecular complexity index is 1180. The smallest absolute Gasteiger partial charge is 0.273 e. The van der Waals surface area contributed by atoms with E-state index in [1.807, 2.05) is 59.3 Å². The Hall–Kier alpha value is -3.57. The van der Waals surface area contributed by atoms with Gasteiger partial charge in [0.1, 0.15) is 5.75 Å². The van der Waals surface area contributed by atoms with Crippen LogP contribution in [0.2, 0.25) is 5.02 Å². The zero-order valence-corrected chi connectivity index (χ0v) is 16.2. The number of amides is 1. The zero-order valence-electron chi connectivity index (χ0n) is 15.4. The number of phenolic OH excluding ortho intramolecular Hbond substituents is 1. The molecule has 3 aromatic carbocycles. The summed E-state index contributed by atoms with van der Waals surface area (Å²) in [6.07, 6.45) is 3.37. The van der Waals surface area contributed by atoms with Crippen molar-refractivity contribution in [2.75, 3.05) is 0 Å². The third-order valence-corrected chi connectivity index (χ3v) is 4.82. The van der Waals surface area contributed by atoms with Gasteiger partial charge >= 0.3 is 0 Å². The van der Waals surface area contributed by atoms with Gasteiger partial charge in [-0.2, -0.15) is 5.10 Å². The number of aromatic hydroxyl groups is 1. The van der Waals surface area contributed by atoms with Gasteiger partial charge in [-0.3, -0.25) is 4.79 Å². The van der Waals surface area contributed by atoms with Crippen molar-refractivity contribution in [1.82, 2.24) is 9.99 Å². The van der Waals surface area contributed by atoms with Gasteiger partial charge in [-0.1, -0.05) is 41.9 Å². The minimum absolute atomic E-state index is 0.180. The summed E-state index contributed by atoms with van der Waals surface area (Å²) in [4.78, 5) is 12.7. The quantitative estimate of drug-likeness (QED) is 0.371. The van der Waals surface area contributed by atoms with Gasteiger partial charge in [-0.15, -0.1) is 0 Å². The van der Waals surface area contributed by atoms with Gasteiger partial charge in [0.2, 0.25) is 0 Å². The zero-order chi connectivity index (χ0) is 20.2. The fourth-order valence-electron chi connectivity index (χ4n) is 3.13. The summed E-state index contributed by atoms with van der Waals surface area (Å²) in [6, 6.07) is 22.0. The average molecular weight is 404 g/mol. The van der Waals surface area contributed by atoms with Crippen molar-refractivity contribution in [1.29, 1.82) is 0 Å². The lowest BCUT2D eigenvalue weighted by molar-refractivity contribution is 0.0956. The molecule has 0 spiro atoms. The van der Waals surface area contributed by atoms with E-state index < -0.39 is 0 Å². The highest BCUT2D eigenvalue weighted by molar-refractivity contribution is 6.30. The predicted molar refractivity (Wildman–Crippen MR) is 116 cm³/mol. The standard InChI is InChI=1S/C23H18ClN3O2/c24-18-9-5-17(6-10-18)14-27-15-21(20-3-1-2-4-22(20)27)23(29)26-25-13-16-7-11-19(28)12-8-16/h1-13,15,28H,14H2,(H,26,29)/b25-13+. The summed E-state index contributed by atoms with van der Waals surface area (Å²) in [5.41, 5.74) is 5.96. The largest absolute Gasteiger partial charge is 0.508 e. The van der Waals surface area contributed by atoms with Crippen LogP contribution in [0.15, 0.2) is 84.1 Å². The Balaban J connectivity index is 1.57. The van der Waals surface area contributed by atoms with Gasteiger partial charge in [0.05, 0.1) is 11.8 Å². The highest BCUT2D eigenvalue weighted by atomic mass is 35.5. The number of fused-ring (bicyclic) bond motifs is 1. The molecule has 0 aliphatic rings. The van der Waals surface area contributed by atoms with E-state index in [1.165, 1.54) is 6.21 Å². The molecule has 0 saturated heterocycles. The van der Waals surface area contributed by atoms with Crippen molar-refractivity contribution in [3.63, 3.8) is 0 Å². The molecule has 1 aromatic heterocycles. The second kappa shape index (κ2) is 8.20. The molecule has 2 N–H and O–H groups in total. The minimum Gasteiger partial charge on any atom is -0.508 e. The molecule has 29 heavy (non-hydrogen) atoms. The summed E-state index contributed by atoms with van der Waals surface area (Å²) < 4.78 is 2.04. The van der Waals surface area contributed by atoms with E-state index in [-0.39, 0.29) is 11.7 Å². The molecule has 6 heteroatoms. The maximum Gasteiger partial charge on any atom is 0.273 e. The number of carbonyl (C=O) groups excluding carboxylic acids is 1. The summed E-state index contributed by atoms with van der Waals surface area (Å²) in [6.45, 7) is 0.627. The van der Waals surface area contributed by atoms with Crippen LogP contribution in [-0.4, -0.2) is 21.8 Å². The second-order valence-electron chi connectivity index (χ2n) is 6.60. The molecule has 4 aromatic rings. The van der Waals surface area contributed by atoms with E-state index in [2.05, 4.69) is 10.5 Å². The number of hydrogen-bond acceptors (Lipinski definition) is 3. The Kier molecular flexibility index (Phi) is 5.31. The number of halogens is 1. The van der Waals surface area contributed by atoms with Gasteiger partial charge in [-0.25, -0.2) is 5.43 Å². The molecule has 144 valence electrons. The van der Waals surface area contributed by atoms with E-state index in [4.69, 9.17) is 11.6 Å². The molecule has 0 radical (unpaired) electrons. The molecule has 0 fully saturated rings. The summed E-state index contributed by atoms with van der Waals surface area (Å²) in [5.74, 6) is -0.106. The minimum atomic E-state index is -0.286. The molecule has 0 aliphatic carbocycles. The number of nitrogens with zero attached hydrogens (tertiary/aromatic N) is 2. The van der Waals surface area contributed by atoms with Gasteiger partial charge in [0.15, 0.2) is 0 Å². The molecule has 0 atom stereocenters. The van der Waals surface area contributed by atoms with Gasteiger partial charge < -0.3 is 9.67 Å². The fraction of sp³-hybridized carbons (Fsp3) is 0.0435. The van der Waals surface area contributed by atoms with E-state index in [1.54, 1.807) is 24.3 Å². The Morgan fingerprint density at radius 1 is 1.03 bits per heavy atom. The van der Waals surface area contributed by atoms with Crippen LogP contribution in [0.25, 0.3) is 10.9 Å². The first-order valence-corrected chi connectivity index (χ1v) is 9.43. The van der Waals surface area contributed by atoms with Gasteiger partial charge in [-0.05, 0) is 53.6 Å². The van der Waals surface area contributed by atoms with Crippen molar-refractivity contribution < 1.29 is 9.90 Å². The monoisotopic (exact) mass is 403 g/mol. The van der Waals surface area contributed by atoms with E-state index in [0.717, 1.165) is 22.0 Å². The maximum atomic E-state index is 12.7. The van der Waals surface area contributed by atoms with Crippen LogP contribution >= 0.6 is 11.6 Å². The lowest BCUT2D eigenvalue weighted by atomic mass is 10.1. The Morgan fingerprint density at radius 3 is 2.52 bits per heavy atom. The molecule has 0 unspecified atom stereocenters. The summed E-state index contributed by atoms with van der Waals surface area (Å²) >= 11 is 5.97. The lowest BCUT2D eigenvalue weighted by Crippen LogP contribution is -2.17. The number of phenols is 1. The lowest BCUT2D eigenvalue weighted by Gasteiger charge is -2.05. The topological polar surface area (TPSA) is 66.6 Å². The highest BCUT2D eigenvalue weighted by Gasteiger charge is 2.14. The molecular weight excluding hydrogens is 386 g/mol. The Labute approximate surface area is 172 Å². The Morgan fingerprint density at radius 2 is 1.76 bits per heavy atom. The summed E-state index contributed by atoms with van der Waals surface area (Å²) in [5, 5.41) is 14.9. The first-order chi connectivity index (χ1) is 14.1. The number of aromatic nitrogens is 1. The molecule has 4 rings (SSSR count). The molecule has 0 bridgehead atoms. The SMILES string of the molecule is O=C(N/N=C/c1ccc(O)cc1)c1cn(Cc2ccc(Cl)cc2)c2ccccc12. The van der Waals surface area contributed by atoms with Gasteiger partial charge in [0, 0.05) is 28.7 Å². The van der Waals surface area contributed by atoms with Crippen LogP contribution in [0.4, 0.5) is 0 Å². The normalized spacial score (nSPS) is 11.2. The predicted octanol–water partition coefficient (Wildman–Crippen LogP) is 4.81. The molecule has 1 amide bonds. The van der Waals surface area contributed by atoms with Crippen molar-refractivity contribution in [2.45, 2.75) is 6.54 Å². The number of nitrogens with one attached hydrogen (secondary N) is 1. The van der Waals surface area contributed by atoms with Crippen molar-refractivity contribution in [3.8, 4) is 5.75 Å². The summed E-state index contributed by atoms with van der Waals surface area (Å²) in [7, 11) is 0. The first-order valence-electron chi connectivity index (χ1n) is 9.05. The van der Waals surface area contributed by atoms with Crippen LogP contribution in [0.3, 0.4) is 0 Å². The average Bonchev–Trinajstić information content (AvgIpc) is 3.10. The third-order valence-electron chi connectivity index (χ3n) is 4.57. The molecule has 5 nitrogen and oxygen atoms in total. The maximum absolute atomic E-state index is 12.7. The van der Waals surface area contributed by atoms with Crippen molar-refractivity contribution in [3.05, 3.63) is 101 Å². The third kappa shape index (κ3) is 4.31. The van der Waals surface area contributed by atoms with E-state index >= 15 is 0 Å². The van der Waals surface area contributed by atoms with Crippen LogP contribution in [-0.2, 0) is 6.54 Å². The number of carbonyl (C=O) groups is 1. The number of hydrogen-bond donors (Lipinski definition) is 2. The van der Waals surface area contributed by atoms with Crippen LogP contribution in [0.5, 0.6) is 5.75 Å². The fourth-order valence-corrected chi connectivity index (χ4v) is 3.26. The number of hydrazone groups is 1. The van der Waals surface area contributed by atoms with Gasteiger partial charge in [0.25, 0.3) is 5.91 Å². The second-order valence-corrected chi connectivity index (χ2v) is 7.04. The molecule has 1 heterocycles. The van der Waals surface area contributed by atoms with Crippen molar-refractivity contribution in [2.24, 2.45) is 5.10 Å². The molecule has 0 saturated carbocycles. The number of para-hydroxylation sites is 1. The van der Waals surface area contributed by atoms with Crippen LogP contribution in [0, 0.1) is 0 Å². The first kappa shape index (κ1) is 18.8. The van der Waals surface area contributed by atoms with E-state index in [0.29, 0.717) is 17.1 Å². The van der Waals surface area contributed by atoms with E-state index in [9.17, 15) is 9.90 Å². The number of benzene rings is 3. The number of rotatable bonds is 5. The highest BCUT2D eigenvalue weighted by Crippen LogP contribution is 2.23. The molecular formula is C23H18ClN3O2. The van der Waals surface area contributed by atoms with Crippen LogP contribution in [0.1, 0.15) is 21.5 Å². The van der Waals surface area contributed by atoms with Crippen molar-refractivity contribution >= 4 is 34.6 Å². The molecule has 0 aliphatic heterocycles. The van der Waals surface area contributed by atoms with Crippen LogP contribution < -0.4 is 5.43 Å².